The quantitative estimate of drug-likeness (QED) is 0.0476. The van der Waals surface area contributed by atoms with E-state index in [1.165, 1.54) is 11.0 Å². The third kappa shape index (κ3) is 9.82. The number of ether oxygens (including phenoxy) is 2. The van der Waals surface area contributed by atoms with E-state index in [2.05, 4.69) is 76.9 Å². The first-order chi connectivity index (χ1) is 26.0. The number of hydrogen-bond acceptors (Lipinski definition) is 10. The standard InChI is InChI=1S/C37H44F3N7O5S2Si/c1-24(54-53-7)51-28-21-30(52-29(28)22-50-55(36(2,3)4,25-15-10-8-11-16-25)26-17-12-9-13-18-26)47-32-31(33(48)44-35(43-32)42-23-46(5)6)27(45-47)19-14-20-41-34(49)37(38,39)40/h8-13,15-18,23-24,28-30H,20-22H2,1-7H3,(H,41,49)(H,43,44,48)/t24-,28?,29+,30+/m0/s1. The summed E-state index contributed by atoms with van der Waals surface area (Å²) in [5.74, 6) is 2.96. The highest BCUT2D eigenvalue weighted by atomic mass is 33.1. The molecule has 12 nitrogen and oxygen atoms in total. The van der Waals surface area contributed by atoms with Gasteiger partial charge in [0.2, 0.25) is 5.95 Å². The van der Waals surface area contributed by atoms with Crippen molar-refractivity contribution < 1.29 is 31.9 Å². The van der Waals surface area contributed by atoms with Gasteiger partial charge in [-0.15, -0.1) is 0 Å². The normalized spacial score (nSPS) is 18.3. The van der Waals surface area contributed by atoms with Gasteiger partial charge in [0, 0.05) is 20.5 Å². The molecule has 0 spiro atoms. The van der Waals surface area contributed by atoms with Gasteiger partial charge >= 0.3 is 12.1 Å². The fourth-order valence-electron chi connectivity index (χ4n) is 6.42. The SMILES string of the molecule is CSS[C@@H](C)OC1C[C@H](n2nc(C#CCNC(=O)C(F)(F)F)c3c(=O)[nH]c(N=CN(C)C)nc32)O[C@@H]1CO[Si](c1ccccc1)(c1ccccc1)C(C)(C)C. The number of hydrogen-bond donors (Lipinski definition) is 2. The fourth-order valence-corrected chi connectivity index (χ4v) is 12.4. The highest BCUT2D eigenvalue weighted by Gasteiger charge is 2.51. The molecule has 0 saturated carbocycles. The molecule has 1 amide bonds. The van der Waals surface area contributed by atoms with Crippen molar-refractivity contribution in [2.24, 2.45) is 4.99 Å². The number of carbonyl (C=O) groups excluding carboxylic acids is 1. The number of nitrogens with zero attached hydrogens (tertiary/aromatic N) is 5. The largest absolute Gasteiger partial charge is 0.471 e. The van der Waals surface area contributed by atoms with Crippen molar-refractivity contribution in [3.8, 4) is 11.8 Å². The predicted octanol–water partition coefficient (Wildman–Crippen LogP) is 4.98. The molecule has 4 atom stereocenters. The van der Waals surface area contributed by atoms with Crippen LogP contribution in [0.1, 0.15) is 46.0 Å². The molecule has 3 heterocycles. The Morgan fingerprint density at radius 2 is 1.80 bits per heavy atom. The zero-order valence-corrected chi connectivity index (χ0v) is 34.1. The Bertz CT molecular complexity index is 2040. The Morgan fingerprint density at radius 3 is 2.36 bits per heavy atom. The van der Waals surface area contributed by atoms with Crippen LogP contribution < -0.4 is 21.2 Å². The zero-order valence-electron chi connectivity index (χ0n) is 31.5. The first kappa shape index (κ1) is 42.0. The van der Waals surface area contributed by atoms with Crippen molar-refractivity contribution in [3.63, 3.8) is 0 Å². The Hall–Kier alpha value is -4.12. The van der Waals surface area contributed by atoms with Crippen molar-refractivity contribution in [3.05, 3.63) is 76.7 Å². The van der Waals surface area contributed by atoms with Gasteiger partial charge in [0.1, 0.15) is 16.9 Å². The maximum atomic E-state index is 13.5. The number of carbonyl (C=O) groups is 1. The summed E-state index contributed by atoms with van der Waals surface area (Å²) >= 11 is 0. The summed E-state index contributed by atoms with van der Waals surface area (Å²) in [6.07, 6.45) is -3.21. The summed E-state index contributed by atoms with van der Waals surface area (Å²) in [4.78, 5) is 37.9. The predicted molar refractivity (Wildman–Crippen MR) is 213 cm³/mol. The lowest BCUT2D eigenvalue weighted by molar-refractivity contribution is -0.173. The van der Waals surface area contributed by atoms with Crippen LogP contribution in [0.3, 0.4) is 0 Å². The summed E-state index contributed by atoms with van der Waals surface area (Å²) in [5.41, 5.74) is -0.795. The molecule has 5 rings (SSSR count). The van der Waals surface area contributed by atoms with Crippen LogP contribution in [0, 0.1) is 11.8 Å². The lowest BCUT2D eigenvalue weighted by atomic mass is 10.2. The number of alkyl halides is 3. The van der Waals surface area contributed by atoms with Crippen LogP contribution in [0.5, 0.6) is 0 Å². The molecule has 1 fully saturated rings. The number of H-pyrrole nitrogens is 1. The average Bonchev–Trinajstić information content (AvgIpc) is 3.70. The second-order valence-electron chi connectivity index (χ2n) is 13.9. The summed E-state index contributed by atoms with van der Waals surface area (Å²) in [5, 5.41) is 8.20. The van der Waals surface area contributed by atoms with Gasteiger partial charge in [0.25, 0.3) is 13.9 Å². The van der Waals surface area contributed by atoms with Crippen molar-refractivity contribution >= 4 is 69.5 Å². The number of nitrogens with one attached hydrogen (secondary N) is 2. The molecule has 2 aromatic heterocycles. The van der Waals surface area contributed by atoms with Gasteiger partial charge in [-0.2, -0.15) is 23.3 Å². The number of fused-ring (bicyclic) bond motifs is 1. The van der Waals surface area contributed by atoms with E-state index in [0.29, 0.717) is 6.42 Å². The van der Waals surface area contributed by atoms with E-state index >= 15 is 0 Å². The molecule has 0 bridgehead atoms. The topological polar surface area (TPSA) is 136 Å². The lowest BCUT2D eigenvalue weighted by Crippen LogP contribution is -2.67. The minimum Gasteiger partial charge on any atom is -0.405 e. The van der Waals surface area contributed by atoms with E-state index in [0.717, 1.165) is 10.4 Å². The maximum absolute atomic E-state index is 13.5. The van der Waals surface area contributed by atoms with E-state index in [9.17, 15) is 22.8 Å². The molecule has 1 saturated heterocycles. The average molecular weight is 816 g/mol. The molecule has 1 aliphatic rings. The van der Waals surface area contributed by atoms with Gasteiger partial charge in [0.05, 0.1) is 25.6 Å². The summed E-state index contributed by atoms with van der Waals surface area (Å²) < 4.78 is 60.2. The molecule has 4 aromatic rings. The summed E-state index contributed by atoms with van der Waals surface area (Å²) in [6, 6.07) is 20.5. The Morgan fingerprint density at radius 1 is 1.16 bits per heavy atom. The zero-order chi connectivity index (χ0) is 40.0. The molecule has 18 heteroatoms. The van der Waals surface area contributed by atoms with Gasteiger partial charge < -0.3 is 24.1 Å². The molecule has 1 aliphatic heterocycles. The second-order valence-corrected chi connectivity index (χ2v) is 21.0. The summed E-state index contributed by atoms with van der Waals surface area (Å²) in [6.45, 7) is 8.06. The number of halogens is 3. The van der Waals surface area contributed by atoms with Crippen molar-refractivity contribution in [2.75, 3.05) is 33.5 Å². The van der Waals surface area contributed by atoms with Crippen molar-refractivity contribution in [1.82, 2.24) is 30.0 Å². The van der Waals surface area contributed by atoms with Crippen LogP contribution in [0.25, 0.3) is 11.0 Å². The molecular weight excluding hydrogens is 772 g/mol. The van der Waals surface area contributed by atoms with Crippen LogP contribution in [-0.2, 0) is 18.7 Å². The minimum atomic E-state index is -5.07. The van der Waals surface area contributed by atoms with Crippen molar-refractivity contribution in [2.45, 2.75) is 69.2 Å². The first-order valence-corrected chi connectivity index (χ1v) is 21.9. The van der Waals surface area contributed by atoms with Crippen LogP contribution >= 0.6 is 21.6 Å². The van der Waals surface area contributed by atoms with E-state index in [4.69, 9.17) is 13.9 Å². The van der Waals surface area contributed by atoms with Gasteiger partial charge in [0.15, 0.2) is 17.6 Å². The number of amides is 1. The monoisotopic (exact) mass is 815 g/mol. The Labute approximate surface area is 326 Å². The smallest absolute Gasteiger partial charge is 0.405 e. The molecule has 55 heavy (non-hydrogen) atoms. The van der Waals surface area contributed by atoms with Crippen LogP contribution in [0.15, 0.2) is 70.5 Å². The molecule has 0 radical (unpaired) electrons. The summed E-state index contributed by atoms with van der Waals surface area (Å²) in [7, 11) is 3.67. The molecule has 2 N–H and O–H groups in total. The molecule has 1 unspecified atom stereocenters. The number of aromatic nitrogens is 4. The molecule has 2 aromatic carbocycles. The first-order valence-electron chi connectivity index (χ1n) is 17.4. The van der Waals surface area contributed by atoms with Gasteiger partial charge in [-0.25, -0.2) is 9.67 Å². The van der Waals surface area contributed by atoms with E-state index in [1.54, 1.807) is 45.9 Å². The van der Waals surface area contributed by atoms with E-state index in [1.807, 2.05) is 49.6 Å². The maximum Gasteiger partial charge on any atom is 0.471 e. The van der Waals surface area contributed by atoms with Gasteiger partial charge in [-0.3, -0.25) is 14.6 Å². The Balaban J connectivity index is 1.56. The number of rotatable bonds is 13. The Kier molecular flexibility index (Phi) is 13.6. The molecular formula is C37H44F3N7O5S2Si. The lowest BCUT2D eigenvalue weighted by Gasteiger charge is -2.43. The van der Waals surface area contributed by atoms with Crippen LogP contribution in [0.2, 0.25) is 5.04 Å². The van der Waals surface area contributed by atoms with Crippen LogP contribution in [0.4, 0.5) is 19.1 Å². The second kappa shape index (κ2) is 17.8. The highest BCUT2D eigenvalue weighted by Crippen LogP contribution is 2.40. The number of benzene rings is 2. The minimum absolute atomic E-state index is 0.00773. The number of aliphatic imine (C=N–C) groups is 1. The van der Waals surface area contributed by atoms with Crippen LogP contribution in [-0.4, -0.2) is 103 Å². The molecule has 0 aliphatic carbocycles. The van der Waals surface area contributed by atoms with Gasteiger partial charge in [-0.05, 0) is 34.5 Å². The fraction of sp³-hybridized carbons (Fsp3) is 0.432. The van der Waals surface area contributed by atoms with E-state index in [-0.39, 0.29) is 39.8 Å². The third-order valence-corrected chi connectivity index (χ3v) is 15.7. The molecule has 294 valence electrons. The third-order valence-electron chi connectivity index (χ3n) is 8.69. The van der Waals surface area contributed by atoms with Crippen molar-refractivity contribution in [1.29, 1.82) is 0 Å². The highest BCUT2D eigenvalue weighted by molar-refractivity contribution is 8.76. The number of aromatic amines is 1. The van der Waals surface area contributed by atoms with Gasteiger partial charge in [-0.1, -0.05) is 109 Å². The van der Waals surface area contributed by atoms with E-state index < -0.39 is 50.9 Å².